The molecule has 1 heterocycles. The Labute approximate surface area is 183 Å². The van der Waals surface area contributed by atoms with E-state index in [0.717, 1.165) is 35.3 Å². The maximum Gasteiger partial charge on any atom is 0.325 e. The van der Waals surface area contributed by atoms with Crippen LogP contribution in [0.25, 0.3) is 0 Å². The van der Waals surface area contributed by atoms with E-state index in [0.29, 0.717) is 25.4 Å². The van der Waals surface area contributed by atoms with Crippen LogP contribution in [0, 0.1) is 5.92 Å². The molecule has 1 saturated carbocycles. The fourth-order valence-electron chi connectivity index (χ4n) is 4.25. The molecule has 162 valence electrons. The van der Waals surface area contributed by atoms with Gasteiger partial charge in [0, 0.05) is 19.5 Å². The summed E-state index contributed by atoms with van der Waals surface area (Å²) in [4.78, 5) is 42.5. The largest absolute Gasteiger partial charge is 0.341 e. The summed E-state index contributed by atoms with van der Waals surface area (Å²) in [5.74, 6) is 0.0182. The second-order valence-corrected chi connectivity index (χ2v) is 8.54. The third kappa shape index (κ3) is 4.48. The van der Waals surface area contributed by atoms with Crippen LogP contribution in [-0.4, -0.2) is 47.3 Å². The predicted molar refractivity (Wildman–Crippen MR) is 118 cm³/mol. The second kappa shape index (κ2) is 8.92. The second-order valence-electron chi connectivity index (χ2n) is 8.54. The molecule has 0 radical (unpaired) electrons. The van der Waals surface area contributed by atoms with E-state index in [2.05, 4.69) is 5.32 Å². The van der Waals surface area contributed by atoms with Crippen LogP contribution in [0.15, 0.2) is 60.7 Å². The highest BCUT2D eigenvalue weighted by Crippen LogP contribution is 2.33. The van der Waals surface area contributed by atoms with Gasteiger partial charge in [-0.15, -0.1) is 0 Å². The van der Waals surface area contributed by atoms with Gasteiger partial charge in [0.15, 0.2) is 5.54 Å². The molecule has 4 rings (SSSR count). The Bertz CT molecular complexity index is 943. The Hall–Kier alpha value is -3.15. The van der Waals surface area contributed by atoms with E-state index in [1.807, 2.05) is 67.6 Å². The zero-order valence-corrected chi connectivity index (χ0v) is 17.9. The van der Waals surface area contributed by atoms with E-state index in [-0.39, 0.29) is 18.4 Å². The molecule has 1 saturated heterocycles. The minimum Gasteiger partial charge on any atom is -0.341 e. The number of carbonyl (C=O) groups is 3. The van der Waals surface area contributed by atoms with Gasteiger partial charge in [0.25, 0.3) is 5.91 Å². The molecule has 2 aromatic rings. The number of benzene rings is 2. The van der Waals surface area contributed by atoms with Gasteiger partial charge in [-0.1, -0.05) is 67.6 Å². The van der Waals surface area contributed by atoms with Gasteiger partial charge in [-0.2, -0.15) is 0 Å². The Morgan fingerprint density at radius 2 is 1.71 bits per heavy atom. The van der Waals surface area contributed by atoms with Crippen LogP contribution in [-0.2, 0) is 21.5 Å². The van der Waals surface area contributed by atoms with Crippen molar-refractivity contribution < 1.29 is 14.4 Å². The maximum absolute atomic E-state index is 13.7. The van der Waals surface area contributed by atoms with Gasteiger partial charge in [0.2, 0.25) is 5.91 Å². The SMILES string of the molecule is CCCN(CC1CC1)C(=O)CN1C(=O)N[C@](Cc2ccccc2)(c2ccccc2)C1=O. The van der Waals surface area contributed by atoms with Crippen LogP contribution < -0.4 is 5.32 Å². The lowest BCUT2D eigenvalue weighted by molar-refractivity contribution is -0.139. The quantitative estimate of drug-likeness (QED) is 0.634. The summed E-state index contributed by atoms with van der Waals surface area (Å²) in [7, 11) is 0. The van der Waals surface area contributed by atoms with E-state index in [9.17, 15) is 14.4 Å². The van der Waals surface area contributed by atoms with Crippen molar-refractivity contribution in [2.45, 2.75) is 38.1 Å². The van der Waals surface area contributed by atoms with Crippen molar-refractivity contribution in [2.75, 3.05) is 19.6 Å². The minimum absolute atomic E-state index is 0.166. The number of hydrogen-bond donors (Lipinski definition) is 1. The highest BCUT2D eigenvalue weighted by atomic mass is 16.2. The molecular formula is C25H29N3O3. The molecule has 6 nitrogen and oxygen atoms in total. The summed E-state index contributed by atoms with van der Waals surface area (Å²) in [5, 5.41) is 2.93. The zero-order valence-electron chi connectivity index (χ0n) is 17.9. The first-order chi connectivity index (χ1) is 15.0. The number of rotatable bonds is 9. The first-order valence-corrected chi connectivity index (χ1v) is 11.0. The molecule has 1 N–H and O–H groups in total. The monoisotopic (exact) mass is 419 g/mol. The van der Waals surface area contributed by atoms with Gasteiger partial charge < -0.3 is 10.2 Å². The summed E-state index contributed by atoms with van der Waals surface area (Å²) in [6.45, 7) is 3.17. The molecule has 4 amide bonds. The van der Waals surface area contributed by atoms with Crippen LogP contribution in [0.3, 0.4) is 0 Å². The topological polar surface area (TPSA) is 69.7 Å². The molecule has 2 fully saturated rings. The number of amides is 4. The van der Waals surface area contributed by atoms with Crippen molar-refractivity contribution in [3.63, 3.8) is 0 Å². The van der Waals surface area contributed by atoms with Gasteiger partial charge in [0.05, 0.1) is 0 Å². The molecule has 1 aliphatic carbocycles. The average molecular weight is 420 g/mol. The lowest BCUT2D eigenvalue weighted by Crippen LogP contribution is -2.47. The highest BCUT2D eigenvalue weighted by Gasteiger charge is 2.53. The van der Waals surface area contributed by atoms with Gasteiger partial charge in [0.1, 0.15) is 6.54 Å². The van der Waals surface area contributed by atoms with Gasteiger partial charge in [-0.05, 0) is 36.3 Å². The smallest absolute Gasteiger partial charge is 0.325 e. The zero-order chi connectivity index (χ0) is 21.8. The van der Waals surface area contributed by atoms with Crippen molar-refractivity contribution in [3.8, 4) is 0 Å². The Morgan fingerprint density at radius 1 is 1.06 bits per heavy atom. The van der Waals surface area contributed by atoms with Gasteiger partial charge >= 0.3 is 6.03 Å². The van der Waals surface area contributed by atoms with E-state index in [1.165, 1.54) is 0 Å². The lowest BCUT2D eigenvalue weighted by Gasteiger charge is -2.28. The van der Waals surface area contributed by atoms with Crippen molar-refractivity contribution in [2.24, 2.45) is 5.92 Å². The van der Waals surface area contributed by atoms with Crippen LogP contribution >= 0.6 is 0 Å². The normalized spacial score (nSPS) is 20.6. The third-order valence-corrected chi connectivity index (χ3v) is 6.07. The Kier molecular flexibility index (Phi) is 6.07. The molecule has 31 heavy (non-hydrogen) atoms. The molecule has 6 heteroatoms. The fraction of sp³-hybridized carbons (Fsp3) is 0.400. The van der Waals surface area contributed by atoms with Gasteiger partial charge in [-0.3, -0.25) is 14.5 Å². The van der Waals surface area contributed by atoms with E-state index >= 15 is 0 Å². The number of imide groups is 1. The molecule has 0 bridgehead atoms. The van der Waals surface area contributed by atoms with Crippen molar-refractivity contribution in [1.29, 1.82) is 0 Å². The minimum atomic E-state index is -1.22. The number of hydrogen-bond acceptors (Lipinski definition) is 3. The number of carbonyl (C=O) groups excluding carboxylic acids is 3. The predicted octanol–water partition coefficient (Wildman–Crippen LogP) is 3.33. The fourth-order valence-corrected chi connectivity index (χ4v) is 4.25. The molecule has 2 aromatic carbocycles. The van der Waals surface area contributed by atoms with Gasteiger partial charge in [-0.25, -0.2) is 4.79 Å². The van der Waals surface area contributed by atoms with Crippen LogP contribution in [0.5, 0.6) is 0 Å². The molecule has 0 unspecified atom stereocenters. The van der Waals surface area contributed by atoms with Crippen LogP contribution in [0.4, 0.5) is 4.79 Å². The molecule has 0 spiro atoms. The first kappa shape index (κ1) is 21.1. The van der Waals surface area contributed by atoms with E-state index in [4.69, 9.17) is 0 Å². The van der Waals surface area contributed by atoms with E-state index in [1.54, 1.807) is 4.90 Å². The maximum atomic E-state index is 13.7. The van der Waals surface area contributed by atoms with Crippen LogP contribution in [0.1, 0.15) is 37.3 Å². The number of urea groups is 1. The molecule has 1 atom stereocenters. The highest BCUT2D eigenvalue weighted by molar-refractivity contribution is 6.09. The number of nitrogens with one attached hydrogen (secondary N) is 1. The van der Waals surface area contributed by atoms with Crippen LogP contribution in [0.2, 0.25) is 0 Å². The number of nitrogens with zero attached hydrogens (tertiary/aromatic N) is 2. The standard InChI is InChI=1S/C25H29N3O3/c1-2-15-27(17-20-13-14-20)22(29)18-28-23(30)25(26-24(28)31,21-11-7-4-8-12-21)16-19-9-5-3-6-10-19/h3-12,20H,2,13-18H2,1H3,(H,26,31)/t25-/m1/s1. The Balaban J connectivity index is 1.60. The first-order valence-electron chi connectivity index (χ1n) is 11.0. The lowest BCUT2D eigenvalue weighted by atomic mass is 9.83. The van der Waals surface area contributed by atoms with Crippen molar-refractivity contribution in [3.05, 3.63) is 71.8 Å². The van der Waals surface area contributed by atoms with E-state index < -0.39 is 11.6 Å². The summed E-state index contributed by atoms with van der Waals surface area (Å²) in [5.41, 5.74) is 0.441. The molecular weight excluding hydrogens is 390 g/mol. The Morgan fingerprint density at radius 3 is 2.32 bits per heavy atom. The third-order valence-electron chi connectivity index (χ3n) is 6.07. The van der Waals surface area contributed by atoms with Crippen molar-refractivity contribution in [1.82, 2.24) is 15.1 Å². The molecule has 2 aliphatic rings. The molecule has 0 aromatic heterocycles. The summed E-state index contributed by atoms with van der Waals surface area (Å²) >= 11 is 0. The summed E-state index contributed by atoms with van der Waals surface area (Å²) < 4.78 is 0. The summed E-state index contributed by atoms with van der Waals surface area (Å²) in [6.07, 6.45) is 3.46. The summed E-state index contributed by atoms with van der Waals surface area (Å²) in [6, 6.07) is 18.4. The average Bonchev–Trinajstić information content (AvgIpc) is 3.57. The molecule has 1 aliphatic heterocycles. The van der Waals surface area contributed by atoms with Crippen molar-refractivity contribution >= 4 is 17.8 Å².